The highest BCUT2D eigenvalue weighted by Crippen LogP contribution is 1.89. The Balaban J connectivity index is 3.12. The summed E-state index contributed by atoms with van der Waals surface area (Å²) in [5, 5.41) is 2.75. The van der Waals surface area contributed by atoms with E-state index in [1.165, 1.54) is 0 Å². The lowest BCUT2D eigenvalue weighted by atomic mass is 10.4. The van der Waals surface area contributed by atoms with Gasteiger partial charge in [0.1, 0.15) is 6.54 Å². The van der Waals surface area contributed by atoms with E-state index >= 15 is 0 Å². The first-order valence-electron chi connectivity index (χ1n) is 6.18. The lowest BCUT2D eigenvalue weighted by molar-refractivity contribution is -0.870. The highest BCUT2D eigenvalue weighted by atomic mass is 16.5. The summed E-state index contributed by atoms with van der Waals surface area (Å²) in [7, 11) is 6.41. The molecule has 1 N–H and O–H groups in total. The van der Waals surface area contributed by atoms with Crippen molar-refractivity contribution in [2.45, 2.75) is 13.3 Å². The highest BCUT2D eigenvalue weighted by molar-refractivity contribution is 5.75. The molecule has 0 aliphatic carbocycles. The average Bonchev–Trinajstić information content (AvgIpc) is 2.25. The lowest BCUT2D eigenvalue weighted by Crippen LogP contribution is -2.37. The van der Waals surface area contributed by atoms with E-state index in [2.05, 4.69) is 26.5 Å². The molecule has 1 amide bonds. The molecule has 0 radical (unpaired) electrons. The molecule has 0 rings (SSSR count). The Hall–Kier alpha value is -0.650. The van der Waals surface area contributed by atoms with Gasteiger partial charge in [0, 0.05) is 13.0 Å². The molecule has 0 aliphatic rings. The molecular weight excluding hydrogens is 220 g/mol. The molecule has 0 fully saturated rings. The Morgan fingerprint density at radius 3 is 2.18 bits per heavy atom. The van der Waals surface area contributed by atoms with Crippen LogP contribution in [0.15, 0.2) is 0 Å². The molecule has 0 saturated heterocycles. The molecule has 0 aromatic heterocycles. The second-order valence-electron chi connectivity index (χ2n) is 4.94. The van der Waals surface area contributed by atoms with E-state index in [1.54, 1.807) is 0 Å². The molecule has 0 aromatic carbocycles. The Labute approximate surface area is 105 Å². The molecule has 0 atom stereocenters. The first kappa shape index (κ1) is 16.4. The van der Waals surface area contributed by atoms with Crippen LogP contribution in [0.2, 0.25) is 0 Å². The number of nitrogens with zero attached hydrogens (tertiary/aromatic N) is 1. The van der Waals surface area contributed by atoms with Crippen molar-refractivity contribution < 1.29 is 18.8 Å². The van der Waals surface area contributed by atoms with Crippen molar-refractivity contribution in [1.29, 1.82) is 0 Å². The second-order valence-corrected chi connectivity index (χ2v) is 4.94. The molecule has 5 nitrogen and oxygen atoms in total. The minimum atomic E-state index is 0.0628. The van der Waals surface area contributed by atoms with Crippen molar-refractivity contribution in [2.24, 2.45) is 0 Å². The molecule has 0 aromatic rings. The minimum Gasteiger partial charge on any atom is -0.377 e. The van der Waals surface area contributed by atoms with Gasteiger partial charge in [-0.1, -0.05) is 6.92 Å². The number of carbonyl (C=O) groups excluding carboxylic acids is 1. The van der Waals surface area contributed by atoms with Crippen LogP contribution in [0.3, 0.4) is 0 Å². The molecule has 0 spiro atoms. The third-order valence-corrected chi connectivity index (χ3v) is 2.17. The number of hydrogen-bond acceptors (Lipinski definition) is 3. The van der Waals surface area contributed by atoms with Gasteiger partial charge in [-0.3, -0.25) is 4.79 Å². The van der Waals surface area contributed by atoms with Crippen LogP contribution in [0.1, 0.15) is 13.3 Å². The number of rotatable bonds is 10. The molecule has 0 bridgehead atoms. The molecular formula is C12H27N2O3+. The summed E-state index contributed by atoms with van der Waals surface area (Å²) in [4.78, 5) is 10.9. The normalized spacial score (nSPS) is 11.5. The smallest absolute Gasteiger partial charge is 0.219 e. The first-order chi connectivity index (χ1) is 7.95. The third kappa shape index (κ3) is 13.3. The highest BCUT2D eigenvalue weighted by Gasteiger charge is 2.05. The van der Waals surface area contributed by atoms with Gasteiger partial charge in [0.25, 0.3) is 0 Å². The van der Waals surface area contributed by atoms with Crippen molar-refractivity contribution in [2.75, 3.05) is 60.7 Å². The zero-order valence-corrected chi connectivity index (χ0v) is 11.6. The van der Waals surface area contributed by atoms with Gasteiger partial charge >= 0.3 is 0 Å². The van der Waals surface area contributed by atoms with Gasteiger partial charge in [-0.05, 0) is 0 Å². The summed E-state index contributed by atoms with van der Waals surface area (Å²) in [5.74, 6) is 0.0628. The van der Waals surface area contributed by atoms with Crippen LogP contribution in [-0.4, -0.2) is 71.1 Å². The first-order valence-corrected chi connectivity index (χ1v) is 6.18. The number of amides is 1. The van der Waals surface area contributed by atoms with Crippen molar-refractivity contribution in [3.63, 3.8) is 0 Å². The van der Waals surface area contributed by atoms with Gasteiger partial charge < -0.3 is 19.3 Å². The van der Waals surface area contributed by atoms with Gasteiger partial charge in [-0.15, -0.1) is 0 Å². The number of carbonyl (C=O) groups is 1. The van der Waals surface area contributed by atoms with Crippen LogP contribution < -0.4 is 5.32 Å². The molecule has 0 aliphatic heterocycles. The molecule has 0 heterocycles. The molecule has 0 unspecified atom stereocenters. The molecule has 102 valence electrons. The molecule has 17 heavy (non-hydrogen) atoms. The van der Waals surface area contributed by atoms with Crippen molar-refractivity contribution >= 4 is 5.91 Å². The minimum absolute atomic E-state index is 0.0628. The summed E-state index contributed by atoms with van der Waals surface area (Å²) < 4.78 is 11.7. The Morgan fingerprint density at radius 1 is 1.06 bits per heavy atom. The van der Waals surface area contributed by atoms with Gasteiger partial charge in [0.15, 0.2) is 0 Å². The van der Waals surface area contributed by atoms with E-state index in [9.17, 15) is 4.79 Å². The summed E-state index contributed by atoms with van der Waals surface area (Å²) in [5.41, 5.74) is 0. The predicted molar refractivity (Wildman–Crippen MR) is 67.8 cm³/mol. The fourth-order valence-electron chi connectivity index (χ4n) is 1.05. The Bertz CT molecular complexity index is 202. The number of hydrogen-bond donors (Lipinski definition) is 1. The van der Waals surface area contributed by atoms with Crippen LogP contribution >= 0.6 is 0 Å². The van der Waals surface area contributed by atoms with E-state index in [0.717, 1.165) is 17.6 Å². The number of ether oxygens (including phenoxy) is 2. The maximum atomic E-state index is 10.9. The van der Waals surface area contributed by atoms with Gasteiger partial charge in [0.05, 0.1) is 47.6 Å². The van der Waals surface area contributed by atoms with Crippen LogP contribution in [0.25, 0.3) is 0 Å². The quantitative estimate of drug-likeness (QED) is 0.445. The van der Waals surface area contributed by atoms with E-state index in [1.807, 2.05) is 6.92 Å². The van der Waals surface area contributed by atoms with Gasteiger partial charge in [0.2, 0.25) is 5.91 Å². The summed E-state index contributed by atoms with van der Waals surface area (Å²) in [6.45, 7) is 5.89. The summed E-state index contributed by atoms with van der Waals surface area (Å²) >= 11 is 0. The standard InChI is InChI=1S/C12H26N2O3/c1-5-12(15)13-6-8-16-10-11-17-9-7-14(2,3)4/h5-11H2,1-4H3/p+1. The van der Waals surface area contributed by atoms with Crippen LogP contribution in [0.4, 0.5) is 0 Å². The average molecular weight is 247 g/mol. The topological polar surface area (TPSA) is 47.6 Å². The number of nitrogens with one attached hydrogen (secondary N) is 1. The van der Waals surface area contributed by atoms with E-state index in [4.69, 9.17) is 9.47 Å². The van der Waals surface area contributed by atoms with Crippen LogP contribution in [-0.2, 0) is 14.3 Å². The number of likely N-dealkylation sites (N-methyl/N-ethyl adjacent to an activating group) is 1. The maximum absolute atomic E-state index is 10.9. The fourth-order valence-corrected chi connectivity index (χ4v) is 1.05. The van der Waals surface area contributed by atoms with Crippen LogP contribution in [0, 0.1) is 0 Å². The third-order valence-electron chi connectivity index (χ3n) is 2.17. The molecule has 0 saturated carbocycles. The maximum Gasteiger partial charge on any atom is 0.219 e. The second kappa shape index (κ2) is 9.39. The fraction of sp³-hybridized carbons (Fsp3) is 0.917. The lowest BCUT2D eigenvalue weighted by Gasteiger charge is -2.23. The Morgan fingerprint density at radius 2 is 1.65 bits per heavy atom. The predicted octanol–water partition coefficient (Wildman–Crippen LogP) is 0.252. The van der Waals surface area contributed by atoms with Gasteiger partial charge in [-0.25, -0.2) is 0 Å². The summed E-state index contributed by atoms with van der Waals surface area (Å²) in [6, 6.07) is 0. The van der Waals surface area contributed by atoms with Crippen molar-refractivity contribution in [3.05, 3.63) is 0 Å². The zero-order valence-electron chi connectivity index (χ0n) is 11.6. The Kier molecular flexibility index (Phi) is 9.03. The zero-order chi connectivity index (χ0) is 13.1. The van der Waals surface area contributed by atoms with E-state index in [0.29, 0.717) is 32.8 Å². The number of quaternary nitrogens is 1. The largest absolute Gasteiger partial charge is 0.377 e. The van der Waals surface area contributed by atoms with Crippen LogP contribution in [0.5, 0.6) is 0 Å². The molecule has 5 heteroatoms. The summed E-state index contributed by atoms with van der Waals surface area (Å²) in [6.07, 6.45) is 0.522. The monoisotopic (exact) mass is 247 g/mol. The SMILES string of the molecule is CCC(=O)NCCOCCOCC[N+](C)(C)C. The van der Waals surface area contributed by atoms with Gasteiger partial charge in [-0.2, -0.15) is 0 Å². The van der Waals surface area contributed by atoms with E-state index in [-0.39, 0.29) is 5.91 Å². The van der Waals surface area contributed by atoms with Crippen molar-refractivity contribution in [1.82, 2.24) is 5.32 Å². The van der Waals surface area contributed by atoms with Crippen molar-refractivity contribution in [3.8, 4) is 0 Å². The van der Waals surface area contributed by atoms with E-state index < -0.39 is 0 Å².